The summed E-state index contributed by atoms with van der Waals surface area (Å²) in [5, 5.41) is 0. The van der Waals surface area contributed by atoms with E-state index < -0.39 is 5.82 Å². The minimum Gasteiger partial charge on any atom is -0.469 e. The molecule has 88 valence electrons. The van der Waals surface area contributed by atoms with E-state index in [1.54, 1.807) is 13.0 Å². The number of nitrogens with two attached hydrogens (primary N) is 1. The fourth-order valence-electron chi connectivity index (χ4n) is 1.09. The Kier molecular flexibility index (Phi) is 4.61. The Hall–Kier alpha value is -1.23. The predicted octanol–water partition coefficient (Wildman–Crippen LogP) is 2.31. The Morgan fingerprint density at radius 1 is 1.62 bits per heavy atom. The second kappa shape index (κ2) is 5.75. The number of hydrogen-bond acceptors (Lipinski definition) is 4. The molecule has 16 heavy (non-hydrogen) atoms. The first kappa shape index (κ1) is 12.8. The highest BCUT2D eigenvalue weighted by Crippen LogP contribution is 2.24. The summed E-state index contributed by atoms with van der Waals surface area (Å²) in [5.41, 5.74) is 5.49. The van der Waals surface area contributed by atoms with Gasteiger partial charge in [-0.3, -0.25) is 4.79 Å². The van der Waals surface area contributed by atoms with E-state index in [4.69, 9.17) is 5.73 Å². The molecular weight excluding hydrogens is 229 g/mol. The molecule has 1 aromatic carbocycles. The molecular formula is C11H14FNO2S. The van der Waals surface area contributed by atoms with Crippen molar-refractivity contribution in [2.75, 3.05) is 18.6 Å². The number of anilines is 1. The number of esters is 1. The molecule has 0 aliphatic carbocycles. The molecule has 0 amide bonds. The van der Waals surface area contributed by atoms with Crippen molar-refractivity contribution in [1.29, 1.82) is 0 Å². The first-order valence-electron chi connectivity index (χ1n) is 4.80. The third-order valence-corrected chi connectivity index (χ3v) is 3.33. The van der Waals surface area contributed by atoms with Crippen LogP contribution in [0.2, 0.25) is 0 Å². The maximum atomic E-state index is 13.1. The lowest BCUT2D eigenvalue weighted by molar-refractivity contribution is -0.143. The average Bonchev–Trinajstić information content (AvgIpc) is 2.29. The summed E-state index contributed by atoms with van der Waals surface area (Å²) >= 11 is 1.40. The van der Waals surface area contributed by atoms with Crippen molar-refractivity contribution < 1.29 is 13.9 Å². The molecule has 0 heterocycles. The second-order valence-corrected chi connectivity index (χ2v) is 4.51. The number of carbonyl (C=O) groups is 1. The SMILES string of the molecule is COC(=O)C(C)CSc1ccc(N)c(F)c1. The van der Waals surface area contributed by atoms with Crippen molar-refractivity contribution >= 4 is 23.4 Å². The van der Waals surface area contributed by atoms with E-state index >= 15 is 0 Å². The van der Waals surface area contributed by atoms with Crippen LogP contribution in [0.15, 0.2) is 23.1 Å². The molecule has 0 aliphatic heterocycles. The van der Waals surface area contributed by atoms with E-state index in [-0.39, 0.29) is 17.6 Å². The van der Waals surface area contributed by atoms with Gasteiger partial charge in [0, 0.05) is 10.6 Å². The summed E-state index contributed by atoms with van der Waals surface area (Å²) in [6.07, 6.45) is 0. The Morgan fingerprint density at radius 2 is 2.31 bits per heavy atom. The summed E-state index contributed by atoms with van der Waals surface area (Å²) in [5.74, 6) is -0.356. The van der Waals surface area contributed by atoms with Gasteiger partial charge in [-0.25, -0.2) is 4.39 Å². The Morgan fingerprint density at radius 3 is 2.88 bits per heavy atom. The Labute approximate surface area is 98.2 Å². The molecule has 0 saturated carbocycles. The number of hydrogen-bond donors (Lipinski definition) is 1. The van der Waals surface area contributed by atoms with Crippen molar-refractivity contribution in [2.24, 2.45) is 5.92 Å². The van der Waals surface area contributed by atoms with Gasteiger partial charge in [0.25, 0.3) is 0 Å². The molecule has 0 radical (unpaired) electrons. The average molecular weight is 243 g/mol. The molecule has 1 atom stereocenters. The van der Waals surface area contributed by atoms with E-state index in [1.807, 2.05) is 0 Å². The lowest BCUT2D eigenvalue weighted by atomic mass is 10.2. The number of rotatable bonds is 4. The molecule has 5 heteroatoms. The number of ether oxygens (including phenoxy) is 1. The number of thioether (sulfide) groups is 1. The largest absolute Gasteiger partial charge is 0.469 e. The summed E-state index contributed by atoms with van der Waals surface area (Å²) in [7, 11) is 1.35. The number of halogens is 1. The van der Waals surface area contributed by atoms with Gasteiger partial charge >= 0.3 is 5.97 Å². The summed E-state index contributed by atoms with van der Waals surface area (Å²) < 4.78 is 17.7. The molecule has 0 aliphatic rings. The number of benzene rings is 1. The lowest BCUT2D eigenvalue weighted by Crippen LogP contribution is -2.14. The molecule has 1 unspecified atom stereocenters. The van der Waals surface area contributed by atoms with Gasteiger partial charge in [-0.2, -0.15) is 0 Å². The minimum absolute atomic E-state index is 0.130. The van der Waals surface area contributed by atoms with E-state index in [0.29, 0.717) is 5.75 Å². The molecule has 2 N–H and O–H groups in total. The first-order valence-corrected chi connectivity index (χ1v) is 5.78. The zero-order chi connectivity index (χ0) is 12.1. The van der Waals surface area contributed by atoms with Crippen LogP contribution in [0, 0.1) is 11.7 Å². The predicted molar refractivity (Wildman–Crippen MR) is 62.7 cm³/mol. The molecule has 0 bridgehead atoms. The zero-order valence-electron chi connectivity index (χ0n) is 9.20. The van der Waals surface area contributed by atoms with Crippen LogP contribution in [-0.4, -0.2) is 18.8 Å². The quantitative estimate of drug-likeness (QED) is 0.501. The van der Waals surface area contributed by atoms with Crippen molar-refractivity contribution in [1.82, 2.24) is 0 Å². The zero-order valence-corrected chi connectivity index (χ0v) is 10.0. The summed E-state index contributed by atoms with van der Waals surface area (Å²) in [6, 6.07) is 4.61. The van der Waals surface area contributed by atoms with Gasteiger partial charge in [-0.1, -0.05) is 6.92 Å². The third kappa shape index (κ3) is 3.41. The van der Waals surface area contributed by atoms with E-state index in [1.165, 1.54) is 31.0 Å². The fourth-order valence-corrected chi connectivity index (χ4v) is 2.02. The van der Waals surface area contributed by atoms with Crippen LogP contribution < -0.4 is 5.73 Å². The standard InChI is InChI=1S/C11H14FNO2S/c1-7(11(14)15-2)6-16-8-3-4-10(13)9(12)5-8/h3-5,7H,6,13H2,1-2H3. The molecule has 3 nitrogen and oxygen atoms in total. The van der Waals surface area contributed by atoms with E-state index in [9.17, 15) is 9.18 Å². The van der Waals surface area contributed by atoms with Crippen LogP contribution in [0.1, 0.15) is 6.92 Å². The maximum absolute atomic E-state index is 13.1. The molecule has 0 saturated heterocycles. The smallest absolute Gasteiger partial charge is 0.309 e. The molecule has 0 fully saturated rings. The minimum atomic E-state index is -0.435. The Bertz CT molecular complexity index is 384. The normalized spacial score (nSPS) is 12.2. The highest BCUT2D eigenvalue weighted by molar-refractivity contribution is 7.99. The van der Waals surface area contributed by atoms with Crippen LogP contribution in [0.3, 0.4) is 0 Å². The van der Waals surface area contributed by atoms with Crippen LogP contribution >= 0.6 is 11.8 Å². The van der Waals surface area contributed by atoms with Crippen molar-refractivity contribution in [3.63, 3.8) is 0 Å². The summed E-state index contributed by atoms with van der Waals surface area (Å²) in [4.78, 5) is 11.9. The van der Waals surface area contributed by atoms with Gasteiger partial charge < -0.3 is 10.5 Å². The number of nitrogen functional groups attached to an aromatic ring is 1. The van der Waals surface area contributed by atoms with Gasteiger partial charge in [0.1, 0.15) is 5.82 Å². The number of methoxy groups -OCH3 is 1. The highest BCUT2D eigenvalue weighted by Gasteiger charge is 2.13. The molecule has 1 rings (SSSR count). The van der Waals surface area contributed by atoms with Gasteiger partial charge in [0.2, 0.25) is 0 Å². The van der Waals surface area contributed by atoms with Gasteiger partial charge in [-0.15, -0.1) is 11.8 Å². The topological polar surface area (TPSA) is 52.3 Å². The highest BCUT2D eigenvalue weighted by atomic mass is 32.2. The van der Waals surface area contributed by atoms with Gasteiger partial charge in [-0.05, 0) is 18.2 Å². The fraction of sp³-hybridized carbons (Fsp3) is 0.364. The Balaban J connectivity index is 2.55. The van der Waals surface area contributed by atoms with Crippen molar-refractivity contribution in [2.45, 2.75) is 11.8 Å². The second-order valence-electron chi connectivity index (χ2n) is 3.42. The van der Waals surface area contributed by atoms with Crippen LogP contribution in [0.5, 0.6) is 0 Å². The van der Waals surface area contributed by atoms with E-state index in [2.05, 4.69) is 4.74 Å². The van der Waals surface area contributed by atoms with Crippen molar-refractivity contribution in [3.05, 3.63) is 24.0 Å². The van der Waals surface area contributed by atoms with E-state index in [0.717, 1.165) is 4.90 Å². The van der Waals surface area contributed by atoms with Crippen LogP contribution in [0.25, 0.3) is 0 Å². The van der Waals surface area contributed by atoms with Gasteiger partial charge in [0.15, 0.2) is 0 Å². The molecule has 1 aromatic rings. The molecule has 0 aromatic heterocycles. The van der Waals surface area contributed by atoms with Crippen molar-refractivity contribution in [3.8, 4) is 0 Å². The summed E-state index contributed by atoms with van der Waals surface area (Å²) in [6.45, 7) is 1.77. The molecule has 0 spiro atoms. The van der Waals surface area contributed by atoms with Gasteiger partial charge in [0.05, 0.1) is 18.7 Å². The lowest BCUT2D eigenvalue weighted by Gasteiger charge is -2.08. The maximum Gasteiger partial charge on any atom is 0.309 e. The third-order valence-electron chi connectivity index (χ3n) is 2.08. The number of carbonyl (C=O) groups excluding carboxylic acids is 1. The van der Waals surface area contributed by atoms with Crippen LogP contribution in [0.4, 0.5) is 10.1 Å². The first-order chi connectivity index (χ1) is 7.54. The monoisotopic (exact) mass is 243 g/mol. The van der Waals surface area contributed by atoms with Crippen LogP contribution in [-0.2, 0) is 9.53 Å².